The van der Waals surface area contributed by atoms with E-state index >= 15 is 0 Å². The van der Waals surface area contributed by atoms with E-state index in [1.165, 1.54) is 0 Å². The van der Waals surface area contributed by atoms with Crippen molar-refractivity contribution in [1.29, 1.82) is 0 Å². The SMILES string of the molecule is CCCNC(=O)CCNC1CCS(=O)(=O)c2ccccc21. The normalized spacial score (nSPS) is 19.8. The van der Waals surface area contributed by atoms with E-state index in [0.717, 1.165) is 12.0 Å². The third-order valence-electron chi connectivity index (χ3n) is 3.62. The molecule has 0 saturated carbocycles. The maximum atomic E-state index is 12.0. The molecule has 0 aliphatic carbocycles. The van der Waals surface area contributed by atoms with Crippen LogP contribution < -0.4 is 10.6 Å². The lowest BCUT2D eigenvalue weighted by Gasteiger charge is -2.26. The number of carbonyl (C=O) groups excluding carboxylic acids is 1. The summed E-state index contributed by atoms with van der Waals surface area (Å²) in [6.45, 7) is 3.26. The highest BCUT2D eigenvalue weighted by atomic mass is 32.2. The summed E-state index contributed by atoms with van der Waals surface area (Å²) in [6, 6.07) is 7.11. The summed E-state index contributed by atoms with van der Waals surface area (Å²) in [5.41, 5.74) is 0.817. The van der Waals surface area contributed by atoms with E-state index in [0.29, 0.717) is 30.8 Å². The Morgan fingerprint density at radius 3 is 2.81 bits per heavy atom. The summed E-state index contributed by atoms with van der Waals surface area (Å²) < 4.78 is 24.1. The van der Waals surface area contributed by atoms with Gasteiger partial charge in [0.25, 0.3) is 0 Å². The molecule has 116 valence electrons. The van der Waals surface area contributed by atoms with Crippen molar-refractivity contribution < 1.29 is 13.2 Å². The predicted octanol–water partition coefficient (Wildman–Crippen LogP) is 1.41. The highest BCUT2D eigenvalue weighted by Crippen LogP contribution is 2.31. The van der Waals surface area contributed by atoms with E-state index < -0.39 is 9.84 Å². The van der Waals surface area contributed by atoms with Crippen LogP contribution >= 0.6 is 0 Å². The molecular weight excluding hydrogens is 288 g/mol. The molecular formula is C15H22N2O3S. The predicted molar refractivity (Wildman–Crippen MR) is 81.8 cm³/mol. The standard InChI is InChI=1S/C15H22N2O3S/c1-2-9-17-15(18)7-10-16-13-8-11-21(19,20)14-6-4-3-5-12(13)14/h3-6,13,16H,2,7-11H2,1H3,(H,17,18). The highest BCUT2D eigenvalue weighted by molar-refractivity contribution is 7.91. The minimum absolute atomic E-state index is 0.00343. The summed E-state index contributed by atoms with van der Waals surface area (Å²) in [6.07, 6.45) is 1.88. The molecule has 0 saturated heterocycles. The van der Waals surface area contributed by atoms with Crippen molar-refractivity contribution in [2.45, 2.75) is 37.1 Å². The number of carbonyl (C=O) groups is 1. The van der Waals surface area contributed by atoms with Gasteiger partial charge in [-0.05, 0) is 24.5 Å². The molecule has 1 aliphatic heterocycles. The van der Waals surface area contributed by atoms with E-state index in [2.05, 4.69) is 10.6 Å². The quantitative estimate of drug-likeness (QED) is 0.833. The molecule has 1 atom stereocenters. The zero-order chi connectivity index (χ0) is 15.3. The Labute approximate surface area is 126 Å². The fourth-order valence-corrected chi connectivity index (χ4v) is 4.14. The average molecular weight is 310 g/mol. The first-order valence-corrected chi connectivity index (χ1v) is 9.01. The number of rotatable bonds is 6. The zero-order valence-corrected chi connectivity index (χ0v) is 13.1. The molecule has 2 N–H and O–H groups in total. The Morgan fingerprint density at radius 2 is 2.05 bits per heavy atom. The molecule has 5 nitrogen and oxygen atoms in total. The molecule has 0 radical (unpaired) electrons. The minimum atomic E-state index is -3.15. The third kappa shape index (κ3) is 4.04. The van der Waals surface area contributed by atoms with Crippen LogP contribution in [-0.2, 0) is 14.6 Å². The molecule has 0 fully saturated rings. The first-order valence-electron chi connectivity index (χ1n) is 7.36. The van der Waals surface area contributed by atoms with E-state index in [-0.39, 0.29) is 17.7 Å². The van der Waals surface area contributed by atoms with Crippen LogP contribution in [0.4, 0.5) is 0 Å². The second kappa shape index (κ2) is 7.04. The molecule has 6 heteroatoms. The number of hydrogen-bond acceptors (Lipinski definition) is 4. The summed E-state index contributed by atoms with van der Waals surface area (Å²) in [4.78, 5) is 12.0. The second-order valence-corrected chi connectivity index (χ2v) is 7.33. The van der Waals surface area contributed by atoms with E-state index in [1.54, 1.807) is 12.1 Å². The molecule has 0 aromatic heterocycles. The first kappa shape index (κ1) is 16.0. The number of hydrogen-bond donors (Lipinski definition) is 2. The summed E-state index contributed by atoms with van der Waals surface area (Å²) >= 11 is 0. The van der Waals surface area contributed by atoms with Crippen LogP contribution in [0.5, 0.6) is 0 Å². The monoisotopic (exact) mass is 310 g/mol. The number of amides is 1. The number of fused-ring (bicyclic) bond motifs is 1. The van der Waals surface area contributed by atoms with Gasteiger partial charge in [0.1, 0.15) is 0 Å². The molecule has 1 aromatic rings. The van der Waals surface area contributed by atoms with Gasteiger partial charge in [-0.15, -0.1) is 0 Å². The van der Waals surface area contributed by atoms with Crippen molar-refractivity contribution in [3.8, 4) is 0 Å². The third-order valence-corrected chi connectivity index (χ3v) is 5.43. The minimum Gasteiger partial charge on any atom is -0.356 e. The van der Waals surface area contributed by atoms with Gasteiger partial charge < -0.3 is 10.6 Å². The van der Waals surface area contributed by atoms with E-state index in [1.807, 2.05) is 19.1 Å². The van der Waals surface area contributed by atoms with Crippen molar-refractivity contribution in [3.05, 3.63) is 29.8 Å². The van der Waals surface area contributed by atoms with Crippen LogP contribution in [0.1, 0.15) is 37.8 Å². The Hall–Kier alpha value is -1.40. The van der Waals surface area contributed by atoms with Gasteiger partial charge in [0.15, 0.2) is 9.84 Å². The topological polar surface area (TPSA) is 75.3 Å². The maximum Gasteiger partial charge on any atom is 0.221 e. The largest absolute Gasteiger partial charge is 0.356 e. The average Bonchev–Trinajstić information content (AvgIpc) is 2.48. The van der Waals surface area contributed by atoms with Crippen LogP contribution in [0, 0.1) is 0 Å². The van der Waals surface area contributed by atoms with Crippen molar-refractivity contribution in [3.63, 3.8) is 0 Å². The Bertz CT molecular complexity index is 599. The molecule has 1 unspecified atom stereocenters. The summed E-state index contributed by atoms with van der Waals surface area (Å²) in [5, 5.41) is 6.13. The van der Waals surface area contributed by atoms with Crippen molar-refractivity contribution >= 4 is 15.7 Å². The molecule has 1 amide bonds. The van der Waals surface area contributed by atoms with Gasteiger partial charge in [0.2, 0.25) is 5.91 Å². The molecule has 1 heterocycles. The van der Waals surface area contributed by atoms with Crippen molar-refractivity contribution in [1.82, 2.24) is 10.6 Å². The molecule has 1 aliphatic rings. The molecule has 0 spiro atoms. The summed E-state index contributed by atoms with van der Waals surface area (Å²) in [5.74, 6) is 0.185. The maximum absolute atomic E-state index is 12.0. The van der Waals surface area contributed by atoms with Gasteiger partial charge in [0.05, 0.1) is 10.6 Å². The molecule has 0 bridgehead atoms. The summed E-state index contributed by atoms with van der Waals surface area (Å²) in [7, 11) is -3.15. The highest BCUT2D eigenvalue weighted by Gasteiger charge is 2.29. The van der Waals surface area contributed by atoms with Gasteiger partial charge in [-0.1, -0.05) is 25.1 Å². The number of sulfone groups is 1. The second-order valence-electron chi connectivity index (χ2n) is 5.25. The Kier molecular flexibility index (Phi) is 5.36. The zero-order valence-electron chi connectivity index (χ0n) is 12.3. The van der Waals surface area contributed by atoms with Crippen LogP contribution in [-0.4, -0.2) is 33.2 Å². The van der Waals surface area contributed by atoms with Crippen LogP contribution in [0.15, 0.2) is 29.2 Å². The van der Waals surface area contributed by atoms with Crippen LogP contribution in [0.2, 0.25) is 0 Å². The first-order chi connectivity index (χ1) is 10.0. The lowest BCUT2D eigenvalue weighted by Crippen LogP contribution is -2.33. The van der Waals surface area contributed by atoms with Gasteiger partial charge >= 0.3 is 0 Å². The molecule has 2 rings (SSSR count). The molecule has 1 aromatic carbocycles. The number of nitrogens with one attached hydrogen (secondary N) is 2. The van der Waals surface area contributed by atoms with Crippen LogP contribution in [0.3, 0.4) is 0 Å². The van der Waals surface area contributed by atoms with Crippen LogP contribution in [0.25, 0.3) is 0 Å². The van der Waals surface area contributed by atoms with Crippen molar-refractivity contribution in [2.75, 3.05) is 18.8 Å². The van der Waals surface area contributed by atoms with E-state index in [9.17, 15) is 13.2 Å². The fourth-order valence-electron chi connectivity index (χ4n) is 2.51. The van der Waals surface area contributed by atoms with Gasteiger partial charge in [0, 0.05) is 25.6 Å². The lowest BCUT2D eigenvalue weighted by atomic mass is 10.0. The number of benzene rings is 1. The van der Waals surface area contributed by atoms with Crippen molar-refractivity contribution in [2.24, 2.45) is 0 Å². The Morgan fingerprint density at radius 1 is 1.29 bits per heavy atom. The smallest absolute Gasteiger partial charge is 0.221 e. The van der Waals surface area contributed by atoms with Gasteiger partial charge in [-0.2, -0.15) is 0 Å². The molecule has 21 heavy (non-hydrogen) atoms. The van der Waals surface area contributed by atoms with Gasteiger partial charge in [-0.25, -0.2) is 8.42 Å². The fraction of sp³-hybridized carbons (Fsp3) is 0.533. The van der Waals surface area contributed by atoms with Gasteiger partial charge in [-0.3, -0.25) is 4.79 Å². The lowest BCUT2D eigenvalue weighted by molar-refractivity contribution is -0.121. The Balaban J connectivity index is 1.95. The van der Waals surface area contributed by atoms with E-state index in [4.69, 9.17) is 0 Å².